The van der Waals surface area contributed by atoms with Crippen LogP contribution in [0.5, 0.6) is 11.5 Å². The fourth-order valence-electron chi connectivity index (χ4n) is 2.24. The van der Waals surface area contributed by atoms with Gasteiger partial charge in [0.2, 0.25) is 0 Å². The number of para-hydroxylation sites is 2. The molecule has 0 radical (unpaired) electrons. The number of hydrogen-bond donors (Lipinski definition) is 1. The van der Waals surface area contributed by atoms with Gasteiger partial charge in [-0.05, 0) is 23.3 Å². The Morgan fingerprint density at radius 2 is 2.22 bits per heavy atom. The van der Waals surface area contributed by atoms with Gasteiger partial charge in [0.05, 0.1) is 13.7 Å². The van der Waals surface area contributed by atoms with E-state index in [4.69, 9.17) is 14.6 Å². The number of thioether (sulfide) groups is 1. The Hall–Kier alpha value is -1.09. The van der Waals surface area contributed by atoms with Crippen LogP contribution in [0.4, 0.5) is 0 Å². The molecule has 0 aromatic heterocycles. The quantitative estimate of drug-likeness (QED) is 0.689. The minimum atomic E-state index is -1.32. The maximum Gasteiger partial charge on any atom is 0.273 e. The van der Waals surface area contributed by atoms with Crippen molar-refractivity contribution in [2.75, 3.05) is 44.1 Å². The predicted octanol–water partition coefficient (Wildman–Crippen LogP) is 0.716. The van der Waals surface area contributed by atoms with Crippen molar-refractivity contribution in [1.82, 2.24) is 4.90 Å². The number of rotatable bonds is 8. The average molecular weight is 359 g/mol. The summed E-state index contributed by atoms with van der Waals surface area (Å²) in [4.78, 5) is 13.9. The Morgan fingerprint density at radius 1 is 1.48 bits per heavy atom. The van der Waals surface area contributed by atoms with Crippen molar-refractivity contribution >= 4 is 28.8 Å². The summed E-state index contributed by atoms with van der Waals surface area (Å²) in [5.74, 6) is 2.05. The van der Waals surface area contributed by atoms with Crippen molar-refractivity contribution in [2.45, 2.75) is 5.37 Å². The molecule has 0 aliphatic carbocycles. The van der Waals surface area contributed by atoms with Gasteiger partial charge in [-0.1, -0.05) is 12.1 Å². The average Bonchev–Trinajstić information content (AvgIpc) is 3.02. The van der Waals surface area contributed by atoms with Crippen LogP contribution in [0, 0.1) is 0 Å². The van der Waals surface area contributed by atoms with E-state index in [0.717, 1.165) is 5.75 Å². The molecule has 1 aromatic rings. The van der Waals surface area contributed by atoms with E-state index in [1.54, 1.807) is 23.8 Å². The lowest BCUT2D eigenvalue weighted by Gasteiger charge is -2.24. The Balaban J connectivity index is 1.90. The van der Waals surface area contributed by atoms with Gasteiger partial charge in [-0.25, -0.2) is 0 Å². The van der Waals surface area contributed by atoms with Crippen LogP contribution in [0.3, 0.4) is 0 Å². The molecule has 0 unspecified atom stereocenters. The molecule has 1 N–H and O–H groups in total. The normalized spacial score (nSPS) is 18.7. The largest absolute Gasteiger partial charge is 0.616 e. The van der Waals surface area contributed by atoms with Crippen LogP contribution in [0.2, 0.25) is 0 Å². The molecule has 23 heavy (non-hydrogen) atoms. The maximum absolute atomic E-state index is 12.2. The van der Waals surface area contributed by atoms with Crippen molar-refractivity contribution in [3.8, 4) is 11.5 Å². The highest BCUT2D eigenvalue weighted by molar-refractivity contribution is 8.00. The van der Waals surface area contributed by atoms with Crippen molar-refractivity contribution in [3.05, 3.63) is 24.3 Å². The highest BCUT2D eigenvalue weighted by Crippen LogP contribution is 2.29. The van der Waals surface area contributed by atoms with E-state index < -0.39 is 11.2 Å². The fraction of sp³-hybridized carbons (Fsp3) is 0.533. The number of nitrogens with zero attached hydrogens (tertiary/aromatic N) is 1. The van der Waals surface area contributed by atoms with E-state index in [1.807, 2.05) is 24.3 Å². The monoisotopic (exact) mass is 359 g/mol. The molecule has 1 aliphatic heterocycles. The molecule has 1 fully saturated rings. The van der Waals surface area contributed by atoms with Crippen LogP contribution in [0.25, 0.3) is 0 Å². The van der Waals surface area contributed by atoms with Crippen molar-refractivity contribution < 1.29 is 23.9 Å². The lowest BCUT2D eigenvalue weighted by Crippen LogP contribution is -2.41. The first-order valence-corrected chi connectivity index (χ1v) is 9.82. The van der Waals surface area contributed by atoms with Crippen LogP contribution in [-0.4, -0.2) is 70.0 Å². The van der Waals surface area contributed by atoms with Gasteiger partial charge in [0, 0.05) is 12.3 Å². The smallest absolute Gasteiger partial charge is 0.273 e. The number of methoxy groups -OCH3 is 1. The second kappa shape index (κ2) is 9.27. The number of ether oxygens (including phenoxy) is 2. The number of benzene rings is 1. The Kier molecular flexibility index (Phi) is 7.35. The molecule has 1 saturated heterocycles. The minimum Gasteiger partial charge on any atom is -0.616 e. The molecule has 2 rings (SSSR count). The van der Waals surface area contributed by atoms with Crippen LogP contribution >= 0.6 is 11.8 Å². The molecule has 128 valence electrons. The number of carbonyl (C=O) groups excluding carboxylic acids is 1. The third-order valence-corrected chi connectivity index (χ3v) is 5.76. The molecule has 6 nitrogen and oxygen atoms in total. The van der Waals surface area contributed by atoms with E-state index in [2.05, 4.69) is 0 Å². The van der Waals surface area contributed by atoms with Crippen LogP contribution in [-0.2, 0) is 16.0 Å². The van der Waals surface area contributed by atoms with Gasteiger partial charge in [-0.3, -0.25) is 4.79 Å². The third-order valence-electron chi connectivity index (χ3n) is 3.36. The third kappa shape index (κ3) is 5.20. The summed E-state index contributed by atoms with van der Waals surface area (Å²) < 4.78 is 22.7. The molecule has 1 aromatic carbocycles. The highest BCUT2D eigenvalue weighted by Gasteiger charge is 2.32. The van der Waals surface area contributed by atoms with Gasteiger partial charge < -0.3 is 24.0 Å². The summed E-state index contributed by atoms with van der Waals surface area (Å²) in [5, 5.41) is 8.67. The molecule has 0 bridgehead atoms. The van der Waals surface area contributed by atoms with Gasteiger partial charge in [0.15, 0.2) is 17.3 Å². The van der Waals surface area contributed by atoms with E-state index in [-0.39, 0.29) is 29.4 Å². The Bertz CT molecular complexity index is 516. The molecule has 0 spiro atoms. The molecule has 8 heteroatoms. The fourth-order valence-corrected chi connectivity index (χ4v) is 4.17. The van der Waals surface area contributed by atoms with E-state index in [9.17, 15) is 9.35 Å². The molecule has 1 amide bonds. The summed E-state index contributed by atoms with van der Waals surface area (Å²) in [6.07, 6.45) is 0. The van der Waals surface area contributed by atoms with Gasteiger partial charge in [0.25, 0.3) is 5.91 Å². The van der Waals surface area contributed by atoms with Crippen molar-refractivity contribution in [3.63, 3.8) is 0 Å². The molecular weight excluding hydrogens is 338 g/mol. The topological polar surface area (TPSA) is 82.1 Å². The zero-order valence-electron chi connectivity index (χ0n) is 13.0. The molecule has 2 atom stereocenters. The second-order valence-electron chi connectivity index (χ2n) is 4.89. The number of amides is 1. The van der Waals surface area contributed by atoms with Gasteiger partial charge >= 0.3 is 0 Å². The first-order chi connectivity index (χ1) is 11.2. The minimum absolute atomic E-state index is 0.0493. The van der Waals surface area contributed by atoms with E-state index in [0.29, 0.717) is 24.7 Å². The summed E-state index contributed by atoms with van der Waals surface area (Å²) in [6, 6.07) is 7.36. The summed E-state index contributed by atoms with van der Waals surface area (Å²) >= 11 is 0.326. The van der Waals surface area contributed by atoms with Crippen LogP contribution in [0.1, 0.15) is 0 Å². The summed E-state index contributed by atoms with van der Waals surface area (Å²) in [5.41, 5.74) is 0. The highest BCUT2D eigenvalue weighted by atomic mass is 32.2. The number of aliphatic hydroxyl groups is 1. The number of aliphatic hydroxyl groups excluding tert-OH is 1. The SMILES string of the molecule is COc1ccccc1OC[C@H]1SCCN1C(=O)C[S@@+]([O-])CCO. The maximum atomic E-state index is 12.2. The predicted molar refractivity (Wildman–Crippen MR) is 91.4 cm³/mol. The zero-order chi connectivity index (χ0) is 16.7. The standard InChI is InChI=1S/C15H21NO5S2/c1-20-12-4-2-3-5-13(12)21-10-15-16(6-8-22-15)14(18)11-23(19)9-7-17/h2-5,15,17H,6-11H2,1H3/t15-,23+/m1/s1. The van der Waals surface area contributed by atoms with E-state index >= 15 is 0 Å². The molecule has 1 aliphatic rings. The van der Waals surface area contributed by atoms with Crippen LogP contribution < -0.4 is 9.47 Å². The first-order valence-electron chi connectivity index (χ1n) is 7.28. The zero-order valence-corrected chi connectivity index (χ0v) is 14.6. The van der Waals surface area contributed by atoms with E-state index in [1.165, 1.54) is 0 Å². The Labute approximate surface area is 143 Å². The second-order valence-corrected chi connectivity index (χ2v) is 7.75. The first kappa shape index (κ1) is 18.3. The molecule has 0 saturated carbocycles. The van der Waals surface area contributed by atoms with Crippen molar-refractivity contribution in [1.29, 1.82) is 0 Å². The molecule has 1 heterocycles. The van der Waals surface area contributed by atoms with Crippen LogP contribution in [0.15, 0.2) is 24.3 Å². The lowest BCUT2D eigenvalue weighted by atomic mass is 10.3. The molecular formula is C15H21NO5S2. The van der Waals surface area contributed by atoms with Gasteiger partial charge in [-0.2, -0.15) is 0 Å². The number of hydrogen-bond acceptors (Lipinski definition) is 6. The van der Waals surface area contributed by atoms with Gasteiger partial charge in [0.1, 0.15) is 17.7 Å². The van der Waals surface area contributed by atoms with Crippen molar-refractivity contribution in [2.24, 2.45) is 0 Å². The summed E-state index contributed by atoms with van der Waals surface area (Å²) in [6.45, 7) is 0.804. The summed E-state index contributed by atoms with van der Waals surface area (Å²) in [7, 11) is 1.58. The lowest BCUT2D eigenvalue weighted by molar-refractivity contribution is -0.128. The van der Waals surface area contributed by atoms with Gasteiger partial charge in [-0.15, -0.1) is 11.8 Å². The number of carbonyl (C=O) groups is 1. The Morgan fingerprint density at radius 3 is 2.91 bits per heavy atom.